The predicted molar refractivity (Wildman–Crippen MR) is 107 cm³/mol. The van der Waals surface area contributed by atoms with E-state index in [0.717, 1.165) is 49.6 Å². The van der Waals surface area contributed by atoms with Gasteiger partial charge in [-0.3, -0.25) is 9.48 Å². The molecular formula is C21H26N6O. The van der Waals surface area contributed by atoms with Gasteiger partial charge in [0.15, 0.2) is 5.82 Å². The van der Waals surface area contributed by atoms with Crippen molar-refractivity contribution in [3.05, 3.63) is 54.1 Å². The summed E-state index contributed by atoms with van der Waals surface area (Å²) in [6, 6.07) is 9.93. The van der Waals surface area contributed by atoms with E-state index in [0.29, 0.717) is 5.56 Å². The van der Waals surface area contributed by atoms with Crippen LogP contribution in [0.1, 0.15) is 41.9 Å². The SMILES string of the molecule is Cc1nc(-c2cccc(C(=O)N3CCCC[C@@H]3CCn3cccn3)c2)n(C)n1. The number of rotatable bonds is 5. The lowest BCUT2D eigenvalue weighted by atomic mass is 9.97. The summed E-state index contributed by atoms with van der Waals surface area (Å²) in [5.41, 5.74) is 1.63. The summed E-state index contributed by atoms with van der Waals surface area (Å²) in [6.07, 6.45) is 7.98. The third-order valence-electron chi connectivity index (χ3n) is 5.38. The predicted octanol–water partition coefficient (Wildman–Crippen LogP) is 3.07. The number of hydrogen-bond acceptors (Lipinski definition) is 4. The van der Waals surface area contributed by atoms with Crippen LogP contribution < -0.4 is 0 Å². The van der Waals surface area contributed by atoms with Crippen LogP contribution in [-0.2, 0) is 13.6 Å². The molecule has 3 aromatic rings. The third kappa shape index (κ3) is 3.83. The van der Waals surface area contributed by atoms with Crippen LogP contribution >= 0.6 is 0 Å². The molecule has 3 heterocycles. The number of hydrogen-bond donors (Lipinski definition) is 0. The first-order valence-electron chi connectivity index (χ1n) is 9.88. The lowest BCUT2D eigenvalue weighted by molar-refractivity contribution is 0.0594. The van der Waals surface area contributed by atoms with Crippen LogP contribution in [0.2, 0.25) is 0 Å². The Hall–Kier alpha value is -2.96. The molecule has 7 heteroatoms. The molecule has 0 bridgehead atoms. The second-order valence-corrected chi connectivity index (χ2v) is 7.39. The van der Waals surface area contributed by atoms with Crippen molar-refractivity contribution >= 4 is 5.91 Å². The number of nitrogens with zero attached hydrogens (tertiary/aromatic N) is 6. The molecule has 0 saturated carbocycles. The number of likely N-dealkylation sites (tertiary alicyclic amines) is 1. The van der Waals surface area contributed by atoms with Crippen LogP contribution in [0.4, 0.5) is 0 Å². The zero-order valence-electron chi connectivity index (χ0n) is 16.5. The fourth-order valence-corrected chi connectivity index (χ4v) is 4.00. The third-order valence-corrected chi connectivity index (χ3v) is 5.38. The minimum Gasteiger partial charge on any atom is -0.336 e. The standard InChI is InChI=1S/C21H26N6O/c1-16-23-20(25(2)24-16)17-7-5-8-18(15-17)21(28)27-13-4-3-9-19(27)10-14-26-12-6-11-22-26/h5-8,11-12,15,19H,3-4,9-10,13-14H2,1-2H3/t19-/m1/s1. The molecule has 1 amide bonds. The van der Waals surface area contributed by atoms with Gasteiger partial charge in [-0.15, -0.1) is 0 Å². The van der Waals surface area contributed by atoms with Gasteiger partial charge in [0.05, 0.1) is 0 Å². The highest BCUT2D eigenvalue weighted by molar-refractivity contribution is 5.95. The normalized spacial score (nSPS) is 17.1. The van der Waals surface area contributed by atoms with Crippen LogP contribution in [-0.4, -0.2) is 47.9 Å². The van der Waals surface area contributed by atoms with Gasteiger partial charge in [-0.1, -0.05) is 12.1 Å². The maximum absolute atomic E-state index is 13.3. The van der Waals surface area contributed by atoms with Crippen molar-refractivity contribution in [1.82, 2.24) is 29.4 Å². The summed E-state index contributed by atoms with van der Waals surface area (Å²) in [6.45, 7) is 3.52. The molecule has 0 unspecified atom stereocenters. The topological polar surface area (TPSA) is 68.8 Å². The molecule has 0 radical (unpaired) electrons. The Morgan fingerprint density at radius 1 is 1.25 bits per heavy atom. The molecule has 1 saturated heterocycles. The molecule has 146 valence electrons. The Bertz CT molecular complexity index is 946. The fourth-order valence-electron chi connectivity index (χ4n) is 4.00. The van der Waals surface area contributed by atoms with Crippen molar-refractivity contribution in [1.29, 1.82) is 0 Å². The van der Waals surface area contributed by atoms with Crippen LogP contribution in [0, 0.1) is 6.92 Å². The second kappa shape index (κ2) is 7.96. The Morgan fingerprint density at radius 2 is 2.14 bits per heavy atom. The van der Waals surface area contributed by atoms with Crippen molar-refractivity contribution in [2.75, 3.05) is 6.54 Å². The molecule has 1 aromatic carbocycles. The van der Waals surface area contributed by atoms with Gasteiger partial charge in [-0.25, -0.2) is 9.67 Å². The molecule has 2 aromatic heterocycles. The number of amides is 1. The van der Waals surface area contributed by atoms with Gasteiger partial charge in [0.25, 0.3) is 5.91 Å². The zero-order chi connectivity index (χ0) is 19.5. The Labute approximate surface area is 165 Å². The monoisotopic (exact) mass is 378 g/mol. The lowest BCUT2D eigenvalue weighted by Crippen LogP contribution is -2.44. The first-order chi connectivity index (χ1) is 13.6. The van der Waals surface area contributed by atoms with E-state index in [1.807, 2.05) is 60.1 Å². The molecule has 7 nitrogen and oxygen atoms in total. The largest absolute Gasteiger partial charge is 0.336 e. The molecule has 28 heavy (non-hydrogen) atoms. The van der Waals surface area contributed by atoms with E-state index in [2.05, 4.69) is 15.2 Å². The highest BCUT2D eigenvalue weighted by Crippen LogP contribution is 2.24. The van der Waals surface area contributed by atoms with Gasteiger partial charge < -0.3 is 4.90 Å². The molecule has 1 atom stereocenters. The summed E-state index contributed by atoms with van der Waals surface area (Å²) in [5, 5.41) is 8.60. The van der Waals surface area contributed by atoms with Crippen molar-refractivity contribution in [3.8, 4) is 11.4 Å². The van der Waals surface area contributed by atoms with Crippen LogP contribution in [0.25, 0.3) is 11.4 Å². The average molecular weight is 378 g/mol. The Balaban J connectivity index is 1.53. The molecule has 0 spiro atoms. The molecule has 1 aliphatic rings. The Kier molecular flexibility index (Phi) is 5.23. The maximum Gasteiger partial charge on any atom is 0.254 e. The van der Waals surface area contributed by atoms with Gasteiger partial charge in [0.1, 0.15) is 5.82 Å². The van der Waals surface area contributed by atoms with Gasteiger partial charge in [0, 0.05) is 49.7 Å². The smallest absolute Gasteiger partial charge is 0.254 e. The van der Waals surface area contributed by atoms with Crippen molar-refractivity contribution < 1.29 is 4.79 Å². The molecule has 0 aliphatic carbocycles. The minimum absolute atomic E-state index is 0.103. The Morgan fingerprint density at radius 3 is 2.89 bits per heavy atom. The summed E-state index contributed by atoms with van der Waals surface area (Å²) < 4.78 is 3.70. The zero-order valence-corrected chi connectivity index (χ0v) is 16.5. The van der Waals surface area contributed by atoms with E-state index in [-0.39, 0.29) is 11.9 Å². The quantitative estimate of drug-likeness (QED) is 0.684. The summed E-state index contributed by atoms with van der Waals surface area (Å²) >= 11 is 0. The summed E-state index contributed by atoms with van der Waals surface area (Å²) in [5.74, 6) is 1.61. The second-order valence-electron chi connectivity index (χ2n) is 7.39. The van der Waals surface area contributed by atoms with Crippen molar-refractivity contribution in [2.45, 2.75) is 45.2 Å². The van der Waals surface area contributed by atoms with Gasteiger partial charge in [-0.05, 0) is 50.8 Å². The number of aryl methyl sites for hydroxylation is 3. The highest BCUT2D eigenvalue weighted by atomic mass is 16.2. The van der Waals surface area contributed by atoms with Gasteiger partial charge in [0.2, 0.25) is 0 Å². The minimum atomic E-state index is 0.103. The average Bonchev–Trinajstić information content (AvgIpc) is 3.35. The van der Waals surface area contributed by atoms with E-state index >= 15 is 0 Å². The number of carbonyl (C=O) groups is 1. The molecule has 1 fully saturated rings. The van der Waals surface area contributed by atoms with Gasteiger partial charge >= 0.3 is 0 Å². The molecule has 0 N–H and O–H groups in total. The van der Waals surface area contributed by atoms with E-state index in [9.17, 15) is 4.79 Å². The fraction of sp³-hybridized carbons (Fsp3) is 0.429. The van der Waals surface area contributed by atoms with E-state index < -0.39 is 0 Å². The molecule has 4 rings (SSSR count). The van der Waals surface area contributed by atoms with Crippen molar-refractivity contribution in [2.24, 2.45) is 7.05 Å². The number of benzene rings is 1. The van der Waals surface area contributed by atoms with E-state index in [1.54, 1.807) is 10.9 Å². The van der Waals surface area contributed by atoms with Crippen LogP contribution in [0.15, 0.2) is 42.7 Å². The maximum atomic E-state index is 13.3. The van der Waals surface area contributed by atoms with Gasteiger partial charge in [-0.2, -0.15) is 10.2 Å². The van der Waals surface area contributed by atoms with E-state index in [4.69, 9.17) is 0 Å². The number of piperidine rings is 1. The first kappa shape index (κ1) is 18.4. The van der Waals surface area contributed by atoms with Crippen molar-refractivity contribution in [3.63, 3.8) is 0 Å². The van der Waals surface area contributed by atoms with Crippen LogP contribution in [0.3, 0.4) is 0 Å². The first-order valence-corrected chi connectivity index (χ1v) is 9.88. The molecule has 1 aliphatic heterocycles. The van der Waals surface area contributed by atoms with E-state index in [1.165, 1.54) is 6.42 Å². The highest BCUT2D eigenvalue weighted by Gasteiger charge is 2.27. The van der Waals surface area contributed by atoms with Crippen LogP contribution in [0.5, 0.6) is 0 Å². The molecular weight excluding hydrogens is 352 g/mol. The number of aromatic nitrogens is 5. The summed E-state index contributed by atoms with van der Waals surface area (Å²) in [7, 11) is 1.87. The number of carbonyl (C=O) groups excluding carboxylic acids is 1. The lowest BCUT2D eigenvalue weighted by Gasteiger charge is -2.36. The summed E-state index contributed by atoms with van der Waals surface area (Å²) in [4.78, 5) is 19.8.